The molecule has 0 spiro atoms. The zero-order valence-electron chi connectivity index (χ0n) is 8.35. The van der Waals surface area contributed by atoms with E-state index >= 15 is 0 Å². The highest BCUT2D eigenvalue weighted by Gasteiger charge is 2.27. The number of alkyl halides is 3. The number of benzene rings is 1. The van der Waals surface area contributed by atoms with Gasteiger partial charge in [0.1, 0.15) is 13.2 Å². The molecule has 1 aromatic rings. The van der Waals surface area contributed by atoms with E-state index in [1.165, 1.54) is 0 Å². The molecule has 1 aromatic carbocycles. The molecule has 0 heterocycles. The summed E-state index contributed by atoms with van der Waals surface area (Å²) < 4.78 is 64.3. The number of hydrogen-bond acceptors (Lipinski definition) is 2. The molecule has 94 valence electrons. The fourth-order valence-electron chi connectivity index (χ4n) is 1.01. The van der Waals surface area contributed by atoms with E-state index < -0.39 is 36.8 Å². The van der Waals surface area contributed by atoms with Crippen LogP contribution in [0.2, 0.25) is 0 Å². The van der Waals surface area contributed by atoms with Gasteiger partial charge in [0.2, 0.25) is 0 Å². The van der Waals surface area contributed by atoms with Crippen LogP contribution < -0.4 is 0 Å². The van der Waals surface area contributed by atoms with E-state index in [2.05, 4.69) is 4.74 Å². The number of Topliss-reactive ketones (excluding diaryl/α,β-unsaturated/α-hetero) is 1. The topological polar surface area (TPSA) is 26.3 Å². The highest BCUT2D eigenvalue weighted by molar-refractivity contribution is 5.97. The Morgan fingerprint density at radius 2 is 1.82 bits per heavy atom. The summed E-state index contributed by atoms with van der Waals surface area (Å²) in [4.78, 5) is 11.2. The molecule has 0 saturated carbocycles. The van der Waals surface area contributed by atoms with E-state index in [1.54, 1.807) is 0 Å². The maximum atomic E-state index is 12.7. The van der Waals surface area contributed by atoms with E-state index in [1.807, 2.05) is 0 Å². The summed E-state index contributed by atoms with van der Waals surface area (Å²) in [5.41, 5.74) is -0.244. The van der Waals surface area contributed by atoms with E-state index in [0.717, 1.165) is 6.07 Å². The zero-order valence-corrected chi connectivity index (χ0v) is 8.35. The SMILES string of the molecule is O=C(COCC(F)(F)F)c1ccc(F)c(F)c1. The van der Waals surface area contributed by atoms with Crippen molar-refractivity contribution in [1.29, 1.82) is 0 Å². The van der Waals surface area contributed by atoms with Crippen LogP contribution in [0.5, 0.6) is 0 Å². The predicted molar refractivity (Wildman–Crippen MR) is 47.6 cm³/mol. The fraction of sp³-hybridized carbons (Fsp3) is 0.300. The summed E-state index contributed by atoms with van der Waals surface area (Å²) in [6.07, 6.45) is -4.53. The first-order chi connectivity index (χ1) is 7.79. The second kappa shape index (κ2) is 5.22. The van der Waals surface area contributed by atoms with Crippen molar-refractivity contribution < 1.29 is 31.5 Å². The molecule has 17 heavy (non-hydrogen) atoms. The van der Waals surface area contributed by atoms with Crippen LogP contribution in [0.1, 0.15) is 10.4 Å². The van der Waals surface area contributed by atoms with Gasteiger partial charge in [-0.1, -0.05) is 0 Å². The molecule has 0 aliphatic carbocycles. The molecule has 0 aliphatic rings. The Labute approximate surface area is 93.0 Å². The molecule has 0 aromatic heterocycles. The molecule has 0 saturated heterocycles. The molecule has 0 radical (unpaired) electrons. The Morgan fingerprint density at radius 1 is 1.18 bits per heavy atom. The molecular formula is C10H7F5O2. The van der Waals surface area contributed by atoms with Crippen molar-refractivity contribution in [1.82, 2.24) is 0 Å². The van der Waals surface area contributed by atoms with Gasteiger partial charge in [0.05, 0.1) is 0 Å². The maximum absolute atomic E-state index is 12.7. The third kappa shape index (κ3) is 4.48. The van der Waals surface area contributed by atoms with E-state index in [-0.39, 0.29) is 5.56 Å². The Bertz CT molecular complexity index is 414. The van der Waals surface area contributed by atoms with E-state index in [0.29, 0.717) is 12.1 Å². The van der Waals surface area contributed by atoms with Crippen molar-refractivity contribution in [3.8, 4) is 0 Å². The molecule has 2 nitrogen and oxygen atoms in total. The van der Waals surface area contributed by atoms with Crippen LogP contribution in [0, 0.1) is 11.6 Å². The Hall–Kier alpha value is -1.50. The first-order valence-electron chi connectivity index (χ1n) is 4.42. The van der Waals surface area contributed by atoms with Crippen LogP contribution in [-0.4, -0.2) is 25.2 Å². The van der Waals surface area contributed by atoms with Gasteiger partial charge in [-0.15, -0.1) is 0 Å². The lowest BCUT2D eigenvalue weighted by atomic mass is 10.1. The highest BCUT2D eigenvalue weighted by atomic mass is 19.4. The van der Waals surface area contributed by atoms with Gasteiger partial charge >= 0.3 is 6.18 Å². The third-order valence-electron chi connectivity index (χ3n) is 1.74. The molecule has 0 aliphatic heterocycles. The number of ketones is 1. The van der Waals surface area contributed by atoms with Gasteiger partial charge < -0.3 is 4.74 Å². The quantitative estimate of drug-likeness (QED) is 0.610. The second-order valence-corrected chi connectivity index (χ2v) is 3.16. The van der Waals surface area contributed by atoms with Crippen LogP contribution in [0.15, 0.2) is 18.2 Å². The van der Waals surface area contributed by atoms with Crippen molar-refractivity contribution in [2.75, 3.05) is 13.2 Å². The Balaban J connectivity index is 2.56. The standard InChI is InChI=1S/C10H7F5O2/c11-7-2-1-6(3-8(7)12)9(16)4-17-5-10(13,14)15/h1-3H,4-5H2. The third-order valence-corrected chi connectivity index (χ3v) is 1.74. The minimum Gasteiger partial charge on any atom is -0.364 e. The first-order valence-corrected chi connectivity index (χ1v) is 4.42. The fourth-order valence-corrected chi connectivity index (χ4v) is 1.01. The van der Waals surface area contributed by atoms with Crippen molar-refractivity contribution >= 4 is 5.78 Å². The van der Waals surface area contributed by atoms with Crippen molar-refractivity contribution in [2.24, 2.45) is 0 Å². The molecule has 0 amide bonds. The summed E-state index contributed by atoms with van der Waals surface area (Å²) in [6, 6.07) is 2.29. The summed E-state index contributed by atoms with van der Waals surface area (Å²) in [5.74, 6) is -3.24. The predicted octanol–water partition coefficient (Wildman–Crippen LogP) is 2.73. The molecular weight excluding hydrogens is 247 g/mol. The van der Waals surface area contributed by atoms with Crippen LogP contribution in [-0.2, 0) is 4.74 Å². The van der Waals surface area contributed by atoms with Crippen LogP contribution in [0.3, 0.4) is 0 Å². The number of carbonyl (C=O) groups excluding carboxylic acids is 1. The molecule has 0 fully saturated rings. The van der Waals surface area contributed by atoms with Gasteiger partial charge in [-0.25, -0.2) is 8.78 Å². The van der Waals surface area contributed by atoms with E-state index in [4.69, 9.17) is 0 Å². The molecule has 1 rings (SSSR count). The summed E-state index contributed by atoms with van der Waals surface area (Å²) in [5, 5.41) is 0. The number of carbonyl (C=O) groups is 1. The van der Waals surface area contributed by atoms with Gasteiger partial charge in [-0.05, 0) is 18.2 Å². The smallest absolute Gasteiger partial charge is 0.364 e. The van der Waals surface area contributed by atoms with Gasteiger partial charge in [0.25, 0.3) is 0 Å². The maximum Gasteiger partial charge on any atom is 0.411 e. The minimum atomic E-state index is -4.53. The molecule has 7 heteroatoms. The lowest BCUT2D eigenvalue weighted by Crippen LogP contribution is -2.20. The number of ether oxygens (including phenoxy) is 1. The molecule has 0 unspecified atom stereocenters. The van der Waals surface area contributed by atoms with Crippen molar-refractivity contribution in [3.63, 3.8) is 0 Å². The van der Waals surface area contributed by atoms with Crippen molar-refractivity contribution in [3.05, 3.63) is 35.4 Å². The number of rotatable bonds is 4. The minimum absolute atomic E-state index is 0.244. The Morgan fingerprint density at radius 3 is 2.35 bits per heavy atom. The zero-order chi connectivity index (χ0) is 13.1. The monoisotopic (exact) mass is 254 g/mol. The van der Waals surface area contributed by atoms with Crippen LogP contribution in [0.4, 0.5) is 22.0 Å². The Kier molecular flexibility index (Phi) is 4.17. The van der Waals surface area contributed by atoms with Crippen LogP contribution in [0.25, 0.3) is 0 Å². The molecule has 0 bridgehead atoms. The molecule has 0 N–H and O–H groups in total. The second-order valence-electron chi connectivity index (χ2n) is 3.16. The summed E-state index contributed by atoms with van der Waals surface area (Å²) in [6.45, 7) is -2.41. The highest BCUT2D eigenvalue weighted by Crippen LogP contribution is 2.15. The lowest BCUT2D eigenvalue weighted by Gasteiger charge is -2.07. The summed E-state index contributed by atoms with van der Waals surface area (Å²) in [7, 11) is 0. The lowest BCUT2D eigenvalue weighted by molar-refractivity contribution is -0.170. The van der Waals surface area contributed by atoms with Crippen molar-refractivity contribution in [2.45, 2.75) is 6.18 Å². The van der Waals surface area contributed by atoms with Gasteiger partial charge in [0.15, 0.2) is 17.4 Å². The average molecular weight is 254 g/mol. The number of hydrogen-bond donors (Lipinski definition) is 0. The average Bonchev–Trinajstić information content (AvgIpc) is 2.20. The largest absolute Gasteiger partial charge is 0.411 e. The number of halogens is 5. The van der Waals surface area contributed by atoms with Gasteiger partial charge in [-0.3, -0.25) is 4.79 Å². The van der Waals surface area contributed by atoms with Gasteiger partial charge in [-0.2, -0.15) is 13.2 Å². The van der Waals surface area contributed by atoms with Gasteiger partial charge in [0, 0.05) is 5.56 Å². The first kappa shape index (κ1) is 13.6. The van der Waals surface area contributed by atoms with Crippen LogP contribution >= 0.6 is 0 Å². The van der Waals surface area contributed by atoms with E-state index in [9.17, 15) is 26.7 Å². The normalized spacial score (nSPS) is 11.6. The summed E-state index contributed by atoms with van der Waals surface area (Å²) >= 11 is 0. The molecule has 0 atom stereocenters.